The topological polar surface area (TPSA) is 68.5 Å². The van der Waals surface area contributed by atoms with Gasteiger partial charge in [-0.3, -0.25) is 4.79 Å². The van der Waals surface area contributed by atoms with E-state index < -0.39 is 11.4 Å². The molecule has 1 saturated carbocycles. The maximum absolute atomic E-state index is 12.4. The molecule has 1 fully saturated rings. The number of hydrogen-bond acceptors (Lipinski definition) is 5. The first-order chi connectivity index (χ1) is 14.7. The fraction of sp³-hybridized carbons (Fsp3) is 0.462. The van der Waals surface area contributed by atoms with Crippen LogP contribution in [0.25, 0.3) is 0 Å². The lowest BCUT2D eigenvalue weighted by Crippen LogP contribution is -2.32. The van der Waals surface area contributed by atoms with Gasteiger partial charge in [-0.05, 0) is 82.7 Å². The Morgan fingerprint density at radius 2 is 1.74 bits per heavy atom. The number of esters is 1. The summed E-state index contributed by atoms with van der Waals surface area (Å²) in [6.07, 6.45) is 3.46. The molecule has 0 saturated heterocycles. The minimum atomic E-state index is -0.930. The predicted octanol–water partition coefficient (Wildman–Crippen LogP) is 5.82. The minimum absolute atomic E-state index is 0.0340. The molecular formula is C26H29NO4. The lowest BCUT2D eigenvalue weighted by Gasteiger charge is -2.30. The van der Waals surface area contributed by atoms with Gasteiger partial charge in [0.15, 0.2) is 11.5 Å². The summed E-state index contributed by atoms with van der Waals surface area (Å²) in [5.41, 5.74) is 2.15. The van der Waals surface area contributed by atoms with Crippen molar-refractivity contribution in [3.63, 3.8) is 0 Å². The van der Waals surface area contributed by atoms with Crippen LogP contribution in [0, 0.1) is 17.2 Å². The van der Waals surface area contributed by atoms with Crippen LogP contribution in [0.4, 0.5) is 0 Å². The van der Waals surface area contributed by atoms with Gasteiger partial charge in [0, 0.05) is 18.1 Å². The molecule has 2 aromatic carbocycles. The molecule has 0 bridgehead atoms. The highest BCUT2D eigenvalue weighted by atomic mass is 16.7. The summed E-state index contributed by atoms with van der Waals surface area (Å²) in [5.74, 6) is 0.792. The Kier molecular flexibility index (Phi) is 5.43. The third kappa shape index (κ3) is 4.39. The van der Waals surface area contributed by atoms with Crippen molar-refractivity contribution in [3.8, 4) is 17.6 Å². The third-order valence-electron chi connectivity index (χ3n) is 6.06. The van der Waals surface area contributed by atoms with E-state index in [0.29, 0.717) is 11.5 Å². The van der Waals surface area contributed by atoms with Crippen molar-refractivity contribution < 1.29 is 19.0 Å². The number of carbonyl (C=O) groups excluding carboxylic acids is 1. The molecule has 1 heterocycles. The van der Waals surface area contributed by atoms with Crippen LogP contribution in [0.2, 0.25) is 0 Å². The summed E-state index contributed by atoms with van der Waals surface area (Å²) in [6.45, 7) is 7.63. The molecule has 4 rings (SSSR count). The molecule has 162 valence electrons. The van der Waals surface area contributed by atoms with E-state index in [9.17, 15) is 4.79 Å². The zero-order valence-electron chi connectivity index (χ0n) is 18.6. The van der Waals surface area contributed by atoms with Crippen LogP contribution in [-0.4, -0.2) is 11.6 Å². The first kappa shape index (κ1) is 21.2. The summed E-state index contributed by atoms with van der Waals surface area (Å²) in [7, 11) is 0. The highest BCUT2D eigenvalue weighted by Crippen LogP contribution is 2.50. The SMILES string of the molecule is CC(C)(C)OC(=O)C1CCC(c2cccc3c2OC(C)(c2ccc(C#N)cc2)O3)CC1. The Morgan fingerprint density at radius 3 is 2.35 bits per heavy atom. The van der Waals surface area contributed by atoms with Crippen LogP contribution in [0.3, 0.4) is 0 Å². The highest BCUT2D eigenvalue weighted by molar-refractivity contribution is 5.73. The number of benzene rings is 2. The number of fused-ring (bicyclic) bond motifs is 1. The maximum atomic E-state index is 12.4. The Labute approximate surface area is 183 Å². The Morgan fingerprint density at radius 1 is 1.06 bits per heavy atom. The summed E-state index contributed by atoms with van der Waals surface area (Å²) < 4.78 is 18.2. The van der Waals surface area contributed by atoms with Crippen LogP contribution in [0.1, 0.15) is 76.0 Å². The molecule has 5 nitrogen and oxygen atoms in total. The minimum Gasteiger partial charge on any atom is -0.460 e. The van der Waals surface area contributed by atoms with Gasteiger partial charge in [-0.15, -0.1) is 0 Å². The van der Waals surface area contributed by atoms with Gasteiger partial charge in [-0.25, -0.2) is 0 Å². The molecule has 0 amide bonds. The van der Waals surface area contributed by atoms with Crippen LogP contribution in [0.15, 0.2) is 42.5 Å². The molecule has 0 spiro atoms. The number of carbonyl (C=O) groups is 1. The number of rotatable bonds is 3. The summed E-state index contributed by atoms with van der Waals surface area (Å²) in [5, 5.41) is 9.05. The van der Waals surface area contributed by atoms with Crippen molar-refractivity contribution in [1.82, 2.24) is 0 Å². The maximum Gasteiger partial charge on any atom is 0.309 e. The van der Waals surface area contributed by atoms with E-state index in [0.717, 1.165) is 48.3 Å². The third-order valence-corrected chi connectivity index (χ3v) is 6.06. The van der Waals surface area contributed by atoms with Gasteiger partial charge in [0.05, 0.1) is 17.6 Å². The number of hydrogen-bond donors (Lipinski definition) is 0. The first-order valence-electron chi connectivity index (χ1n) is 10.9. The van der Waals surface area contributed by atoms with Crippen molar-refractivity contribution in [2.75, 3.05) is 0 Å². The molecule has 1 aliphatic heterocycles. The largest absolute Gasteiger partial charge is 0.460 e. The lowest BCUT2D eigenvalue weighted by atomic mass is 9.78. The second-order valence-electron chi connectivity index (χ2n) is 9.60. The van der Waals surface area contributed by atoms with Crippen molar-refractivity contribution >= 4 is 5.97 Å². The number of para-hydroxylation sites is 1. The molecule has 1 atom stereocenters. The molecule has 1 aliphatic carbocycles. The van der Waals surface area contributed by atoms with Crippen LogP contribution in [0.5, 0.6) is 11.5 Å². The molecule has 31 heavy (non-hydrogen) atoms. The van der Waals surface area contributed by atoms with Gasteiger partial charge in [0.1, 0.15) is 5.60 Å². The van der Waals surface area contributed by atoms with E-state index in [-0.39, 0.29) is 11.9 Å². The average Bonchev–Trinajstić information content (AvgIpc) is 3.10. The molecule has 5 heteroatoms. The molecule has 0 radical (unpaired) electrons. The van der Waals surface area contributed by atoms with Crippen LogP contribution in [-0.2, 0) is 15.3 Å². The standard InChI is InChI=1S/C26H29NO4/c1-25(2,3)31-24(28)19-12-10-18(11-13-19)21-6-5-7-22-23(21)30-26(4,29-22)20-14-8-17(16-27)9-15-20/h5-9,14-15,18-19H,10-13H2,1-4H3. The molecule has 2 aliphatic rings. The van der Waals surface area contributed by atoms with Crippen molar-refractivity contribution in [3.05, 3.63) is 59.2 Å². The number of nitrogens with zero attached hydrogens (tertiary/aromatic N) is 1. The van der Waals surface area contributed by atoms with Gasteiger partial charge in [-0.1, -0.05) is 12.1 Å². The Bertz CT molecular complexity index is 1010. The smallest absolute Gasteiger partial charge is 0.309 e. The van der Waals surface area contributed by atoms with Crippen molar-refractivity contribution in [2.45, 2.75) is 70.7 Å². The van der Waals surface area contributed by atoms with E-state index in [1.54, 1.807) is 12.1 Å². The zero-order valence-corrected chi connectivity index (χ0v) is 18.6. The first-order valence-corrected chi connectivity index (χ1v) is 10.9. The van der Waals surface area contributed by atoms with E-state index in [2.05, 4.69) is 12.1 Å². The lowest BCUT2D eigenvalue weighted by molar-refractivity contribution is -0.161. The second kappa shape index (κ2) is 7.92. The molecule has 1 unspecified atom stereocenters. The fourth-order valence-electron chi connectivity index (χ4n) is 4.46. The van der Waals surface area contributed by atoms with E-state index in [4.69, 9.17) is 19.5 Å². The normalized spacial score (nSPS) is 25.0. The molecule has 0 aromatic heterocycles. The summed E-state index contributed by atoms with van der Waals surface area (Å²) in [6, 6.07) is 15.5. The quantitative estimate of drug-likeness (QED) is 0.587. The van der Waals surface area contributed by atoms with Crippen molar-refractivity contribution in [1.29, 1.82) is 5.26 Å². The molecule has 0 N–H and O–H groups in total. The molecular weight excluding hydrogens is 390 g/mol. The number of nitriles is 1. The Balaban J connectivity index is 1.49. The van der Waals surface area contributed by atoms with Gasteiger partial charge >= 0.3 is 5.97 Å². The Hall–Kier alpha value is -3.00. The molecule has 2 aromatic rings. The number of ether oxygens (including phenoxy) is 3. The van der Waals surface area contributed by atoms with Crippen molar-refractivity contribution in [2.24, 2.45) is 5.92 Å². The second-order valence-corrected chi connectivity index (χ2v) is 9.60. The van der Waals surface area contributed by atoms with Crippen LogP contribution >= 0.6 is 0 Å². The van der Waals surface area contributed by atoms with Gasteiger partial charge in [0.2, 0.25) is 0 Å². The van der Waals surface area contributed by atoms with Gasteiger partial charge in [0.25, 0.3) is 5.79 Å². The summed E-state index contributed by atoms with van der Waals surface area (Å²) >= 11 is 0. The van der Waals surface area contributed by atoms with E-state index >= 15 is 0 Å². The van der Waals surface area contributed by atoms with Gasteiger partial charge < -0.3 is 14.2 Å². The van der Waals surface area contributed by atoms with E-state index in [1.165, 1.54) is 0 Å². The predicted molar refractivity (Wildman–Crippen MR) is 117 cm³/mol. The fourth-order valence-corrected chi connectivity index (χ4v) is 4.46. The summed E-state index contributed by atoms with van der Waals surface area (Å²) in [4.78, 5) is 12.4. The van der Waals surface area contributed by atoms with Crippen LogP contribution < -0.4 is 9.47 Å². The van der Waals surface area contributed by atoms with Gasteiger partial charge in [-0.2, -0.15) is 5.26 Å². The average molecular weight is 420 g/mol. The van der Waals surface area contributed by atoms with E-state index in [1.807, 2.05) is 52.0 Å². The monoisotopic (exact) mass is 419 g/mol. The zero-order chi connectivity index (χ0) is 22.2. The highest BCUT2D eigenvalue weighted by Gasteiger charge is 2.41.